The number of hydrogen-bond acceptors (Lipinski definition) is 3. The van der Waals surface area contributed by atoms with E-state index in [4.69, 9.17) is 0 Å². The lowest BCUT2D eigenvalue weighted by Crippen LogP contribution is -1.93. The molecule has 2 rings (SSSR count). The second-order valence-electron chi connectivity index (χ2n) is 3.08. The molecule has 0 saturated carbocycles. The number of carbonyl (C=O) groups excluding carboxylic acids is 1. The van der Waals surface area contributed by atoms with Crippen LogP contribution in [0.5, 0.6) is 0 Å². The molecule has 2 nitrogen and oxygen atoms in total. The van der Waals surface area contributed by atoms with E-state index in [0.29, 0.717) is 5.56 Å². The van der Waals surface area contributed by atoms with Crippen LogP contribution in [0.3, 0.4) is 0 Å². The van der Waals surface area contributed by atoms with Gasteiger partial charge in [-0.15, -0.1) is 11.3 Å². The van der Waals surface area contributed by atoms with E-state index in [1.165, 1.54) is 0 Å². The summed E-state index contributed by atoms with van der Waals surface area (Å²) in [5, 5.41) is 0. The third-order valence-electron chi connectivity index (χ3n) is 1.94. The molecule has 2 heterocycles. The van der Waals surface area contributed by atoms with Gasteiger partial charge in [-0.05, 0) is 52.3 Å². The first-order valence-electron chi connectivity index (χ1n) is 4.63. The maximum atomic E-state index is 11.7. The first-order valence-corrected chi connectivity index (χ1v) is 6.24. The molecule has 0 fully saturated rings. The summed E-state index contributed by atoms with van der Waals surface area (Å²) in [4.78, 5) is 16.6. The Morgan fingerprint density at radius 1 is 1.38 bits per heavy atom. The number of nitrogens with zero attached hydrogens (tertiary/aromatic N) is 1. The summed E-state index contributed by atoms with van der Waals surface area (Å²) >= 11 is 4.96. The van der Waals surface area contributed by atoms with E-state index in [0.717, 1.165) is 8.66 Å². The fourth-order valence-corrected chi connectivity index (χ4v) is 2.51. The van der Waals surface area contributed by atoms with Crippen LogP contribution in [0.15, 0.2) is 46.5 Å². The molecule has 0 bridgehead atoms. The number of rotatable bonds is 3. The third-order valence-corrected chi connectivity index (χ3v) is 3.53. The van der Waals surface area contributed by atoms with E-state index in [9.17, 15) is 4.79 Å². The van der Waals surface area contributed by atoms with Crippen molar-refractivity contribution in [3.63, 3.8) is 0 Å². The fourth-order valence-electron chi connectivity index (χ4n) is 1.18. The normalized spacial score (nSPS) is 10.8. The second kappa shape index (κ2) is 5.18. The molecule has 0 unspecified atom stereocenters. The van der Waals surface area contributed by atoms with E-state index in [2.05, 4.69) is 20.9 Å². The number of carbonyl (C=O) groups is 1. The van der Waals surface area contributed by atoms with Gasteiger partial charge in [0.2, 0.25) is 0 Å². The lowest BCUT2D eigenvalue weighted by molar-refractivity contribution is 0.104. The number of aromatic nitrogens is 1. The SMILES string of the molecule is O=C(/C=C\c1ccc(Br)s1)c1cccnc1. The Hall–Kier alpha value is -1.26. The summed E-state index contributed by atoms with van der Waals surface area (Å²) in [5.41, 5.74) is 0.606. The number of halogens is 1. The van der Waals surface area contributed by atoms with Crippen molar-refractivity contribution in [2.24, 2.45) is 0 Å². The molecule has 16 heavy (non-hydrogen) atoms. The standard InChI is InChI=1S/C12H8BrNOS/c13-12-6-4-10(16-12)3-5-11(15)9-2-1-7-14-8-9/h1-8H/b5-3-. The van der Waals surface area contributed by atoms with Crippen LogP contribution in [-0.4, -0.2) is 10.8 Å². The van der Waals surface area contributed by atoms with Crippen LogP contribution >= 0.6 is 27.3 Å². The molecule has 0 atom stereocenters. The molecule has 80 valence electrons. The molecular formula is C12H8BrNOS. The van der Waals surface area contributed by atoms with Crippen molar-refractivity contribution in [3.05, 3.63) is 57.0 Å². The molecule has 0 aliphatic rings. The van der Waals surface area contributed by atoms with Crippen LogP contribution in [0.1, 0.15) is 15.2 Å². The van der Waals surface area contributed by atoms with Crippen molar-refractivity contribution < 1.29 is 4.79 Å². The molecule has 0 aliphatic carbocycles. The predicted octanol–water partition coefficient (Wildman–Crippen LogP) is 3.80. The Kier molecular flexibility index (Phi) is 3.64. The summed E-state index contributed by atoms with van der Waals surface area (Å²) in [6, 6.07) is 7.42. The maximum Gasteiger partial charge on any atom is 0.187 e. The van der Waals surface area contributed by atoms with E-state index in [1.54, 1.807) is 41.9 Å². The van der Waals surface area contributed by atoms with Gasteiger partial charge in [0.05, 0.1) is 3.79 Å². The number of thiophene rings is 1. The average molecular weight is 294 g/mol. The van der Waals surface area contributed by atoms with Gasteiger partial charge in [0.15, 0.2) is 5.78 Å². The van der Waals surface area contributed by atoms with Gasteiger partial charge in [-0.3, -0.25) is 9.78 Å². The van der Waals surface area contributed by atoms with Crippen molar-refractivity contribution in [3.8, 4) is 0 Å². The predicted molar refractivity (Wildman–Crippen MR) is 69.6 cm³/mol. The Morgan fingerprint density at radius 3 is 2.88 bits per heavy atom. The van der Waals surface area contributed by atoms with Gasteiger partial charge in [-0.1, -0.05) is 0 Å². The summed E-state index contributed by atoms with van der Waals surface area (Å²) in [6.45, 7) is 0. The van der Waals surface area contributed by atoms with Crippen molar-refractivity contribution in [2.45, 2.75) is 0 Å². The van der Waals surface area contributed by atoms with Crippen LogP contribution < -0.4 is 0 Å². The van der Waals surface area contributed by atoms with Crippen LogP contribution in [0.2, 0.25) is 0 Å². The molecule has 2 aromatic rings. The Morgan fingerprint density at radius 2 is 2.25 bits per heavy atom. The minimum Gasteiger partial charge on any atom is -0.289 e. The van der Waals surface area contributed by atoms with Crippen LogP contribution in [0, 0.1) is 0 Å². The first kappa shape index (κ1) is 11.2. The highest BCUT2D eigenvalue weighted by molar-refractivity contribution is 9.11. The molecule has 0 radical (unpaired) electrons. The van der Waals surface area contributed by atoms with Gasteiger partial charge in [0.25, 0.3) is 0 Å². The largest absolute Gasteiger partial charge is 0.289 e. The molecule has 2 aromatic heterocycles. The summed E-state index contributed by atoms with van der Waals surface area (Å²) < 4.78 is 1.06. The molecule has 0 N–H and O–H groups in total. The number of hydrogen-bond donors (Lipinski definition) is 0. The lowest BCUT2D eigenvalue weighted by Gasteiger charge is -1.92. The smallest absolute Gasteiger partial charge is 0.187 e. The minimum atomic E-state index is -0.0300. The summed E-state index contributed by atoms with van der Waals surface area (Å²) in [7, 11) is 0. The van der Waals surface area contributed by atoms with Crippen molar-refractivity contribution in [2.75, 3.05) is 0 Å². The fraction of sp³-hybridized carbons (Fsp3) is 0. The van der Waals surface area contributed by atoms with Crippen LogP contribution in [0.4, 0.5) is 0 Å². The zero-order valence-electron chi connectivity index (χ0n) is 8.26. The van der Waals surface area contributed by atoms with E-state index in [1.807, 2.05) is 18.2 Å². The van der Waals surface area contributed by atoms with Gasteiger partial charge < -0.3 is 0 Å². The zero-order valence-corrected chi connectivity index (χ0v) is 10.7. The van der Waals surface area contributed by atoms with Gasteiger partial charge in [-0.2, -0.15) is 0 Å². The average Bonchev–Trinajstić information content (AvgIpc) is 2.73. The minimum absolute atomic E-state index is 0.0300. The monoisotopic (exact) mass is 293 g/mol. The van der Waals surface area contributed by atoms with Gasteiger partial charge in [-0.25, -0.2) is 0 Å². The molecule has 0 aliphatic heterocycles. The summed E-state index contributed by atoms with van der Waals surface area (Å²) in [5.74, 6) is -0.0300. The molecule has 0 spiro atoms. The third kappa shape index (κ3) is 2.87. The zero-order chi connectivity index (χ0) is 11.4. The molecule has 0 aromatic carbocycles. The van der Waals surface area contributed by atoms with Crippen molar-refractivity contribution in [1.82, 2.24) is 4.98 Å². The molecule has 0 saturated heterocycles. The highest BCUT2D eigenvalue weighted by Gasteiger charge is 2.00. The van der Waals surface area contributed by atoms with Crippen molar-refractivity contribution in [1.29, 1.82) is 0 Å². The lowest BCUT2D eigenvalue weighted by atomic mass is 10.2. The number of pyridine rings is 1. The molecule has 0 amide bonds. The maximum absolute atomic E-state index is 11.7. The highest BCUT2D eigenvalue weighted by atomic mass is 79.9. The molecular weight excluding hydrogens is 286 g/mol. The first-order chi connectivity index (χ1) is 7.75. The van der Waals surface area contributed by atoms with E-state index < -0.39 is 0 Å². The Bertz CT molecular complexity index is 519. The summed E-state index contributed by atoms with van der Waals surface area (Å²) in [6.07, 6.45) is 6.59. The topological polar surface area (TPSA) is 30.0 Å². The van der Waals surface area contributed by atoms with Crippen molar-refractivity contribution >= 4 is 39.1 Å². The Balaban J connectivity index is 2.11. The Labute approximate surface area is 106 Å². The van der Waals surface area contributed by atoms with Gasteiger partial charge in [0.1, 0.15) is 0 Å². The van der Waals surface area contributed by atoms with Gasteiger partial charge >= 0.3 is 0 Å². The van der Waals surface area contributed by atoms with Crippen LogP contribution in [-0.2, 0) is 0 Å². The number of ketones is 1. The second-order valence-corrected chi connectivity index (χ2v) is 5.58. The van der Waals surface area contributed by atoms with E-state index >= 15 is 0 Å². The van der Waals surface area contributed by atoms with E-state index in [-0.39, 0.29) is 5.78 Å². The van der Waals surface area contributed by atoms with Gasteiger partial charge in [0, 0.05) is 22.8 Å². The quantitative estimate of drug-likeness (QED) is 0.636. The highest BCUT2D eigenvalue weighted by Crippen LogP contribution is 2.23. The number of allylic oxidation sites excluding steroid dienone is 1. The molecule has 4 heteroatoms. The van der Waals surface area contributed by atoms with Crippen LogP contribution in [0.25, 0.3) is 6.08 Å².